The maximum atomic E-state index is 11.5. The number of esters is 1. The molecule has 0 aromatic heterocycles. The Balaban J connectivity index is 1.64. The molecule has 1 aliphatic heterocycles. The smallest absolute Gasteiger partial charge is 0.344 e. The maximum absolute atomic E-state index is 11.5. The second-order valence-corrected chi connectivity index (χ2v) is 7.19. The monoisotopic (exact) mass is 404 g/mol. The number of carbonyl (C=O) groups excluding carboxylic acids is 1. The van der Waals surface area contributed by atoms with Crippen molar-refractivity contribution in [3.05, 3.63) is 89.5 Å². The lowest BCUT2D eigenvalue weighted by molar-refractivity contribution is -0.145. The molecule has 1 N–H and O–H groups in total. The van der Waals surface area contributed by atoms with Gasteiger partial charge in [-0.15, -0.1) is 0 Å². The number of benzene rings is 3. The lowest BCUT2D eigenvalue weighted by Gasteiger charge is -2.34. The molecule has 0 fully saturated rings. The molecule has 1 aliphatic rings. The van der Waals surface area contributed by atoms with Crippen LogP contribution in [-0.2, 0) is 9.53 Å². The van der Waals surface area contributed by atoms with Crippen molar-refractivity contribution in [2.45, 2.75) is 18.8 Å². The molecule has 5 nitrogen and oxygen atoms in total. The highest BCUT2D eigenvalue weighted by Gasteiger charge is 2.33. The van der Waals surface area contributed by atoms with Gasteiger partial charge in [0.2, 0.25) is 0 Å². The summed E-state index contributed by atoms with van der Waals surface area (Å²) in [5.74, 6) is 1.32. The average molecular weight is 404 g/mol. The van der Waals surface area contributed by atoms with Crippen LogP contribution >= 0.6 is 0 Å². The van der Waals surface area contributed by atoms with E-state index in [1.807, 2.05) is 48.5 Å². The van der Waals surface area contributed by atoms with Crippen LogP contribution in [0.25, 0.3) is 0 Å². The summed E-state index contributed by atoms with van der Waals surface area (Å²) in [5, 5.41) is 9.87. The zero-order chi connectivity index (χ0) is 20.9. The normalized spacial score (nSPS) is 17.5. The van der Waals surface area contributed by atoms with E-state index in [0.29, 0.717) is 24.7 Å². The Morgan fingerprint density at radius 1 is 1.03 bits per heavy atom. The van der Waals surface area contributed by atoms with Gasteiger partial charge in [0, 0.05) is 23.5 Å². The zero-order valence-corrected chi connectivity index (χ0v) is 16.8. The molecular formula is C25H24O5. The first kappa shape index (κ1) is 19.8. The van der Waals surface area contributed by atoms with Gasteiger partial charge in [0.1, 0.15) is 17.2 Å². The van der Waals surface area contributed by atoms with Crippen molar-refractivity contribution in [3.63, 3.8) is 0 Å². The fourth-order valence-electron chi connectivity index (χ4n) is 3.91. The quantitative estimate of drug-likeness (QED) is 0.606. The summed E-state index contributed by atoms with van der Waals surface area (Å²) in [7, 11) is 0. The van der Waals surface area contributed by atoms with Gasteiger partial charge >= 0.3 is 5.97 Å². The second kappa shape index (κ2) is 8.91. The maximum Gasteiger partial charge on any atom is 0.344 e. The highest BCUT2D eigenvalue weighted by Crippen LogP contribution is 2.47. The van der Waals surface area contributed by atoms with Crippen molar-refractivity contribution in [1.29, 1.82) is 0 Å². The number of phenols is 1. The molecule has 3 aromatic carbocycles. The number of hydrogen-bond donors (Lipinski definition) is 1. The molecule has 0 spiro atoms. The van der Waals surface area contributed by atoms with Gasteiger partial charge in [-0.25, -0.2) is 4.79 Å². The van der Waals surface area contributed by atoms with Crippen molar-refractivity contribution in [2.24, 2.45) is 0 Å². The molecule has 0 aliphatic carbocycles. The summed E-state index contributed by atoms with van der Waals surface area (Å²) in [6, 6.07) is 23.4. The van der Waals surface area contributed by atoms with Crippen LogP contribution in [-0.4, -0.2) is 30.9 Å². The fourth-order valence-corrected chi connectivity index (χ4v) is 3.91. The van der Waals surface area contributed by atoms with Crippen LogP contribution in [0.3, 0.4) is 0 Å². The van der Waals surface area contributed by atoms with Gasteiger partial charge in [-0.2, -0.15) is 0 Å². The highest BCUT2D eigenvalue weighted by atomic mass is 16.6. The molecule has 0 amide bonds. The fraction of sp³-hybridized carbons (Fsp3) is 0.240. The lowest BCUT2D eigenvalue weighted by Crippen LogP contribution is -2.25. The molecule has 0 bridgehead atoms. The zero-order valence-electron chi connectivity index (χ0n) is 16.8. The number of carbonyl (C=O) groups is 1. The topological polar surface area (TPSA) is 65.0 Å². The van der Waals surface area contributed by atoms with E-state index in [4.69, 9.17) is 14.2 Å². The first-order valence-corrected chi connectivity index (χ1v) is 10.0. The van der Waals surface area contributed by atoms with Gasteiger partial charge in [-0.3, -0.25) is 0 Å². The Kier molecular flexibility index (Phi) is 5.89. The Morgan fingerprint density at radius 2 is 1.80 bits per heavy atom. The first-order chi connectivity index (χ1) is 14.7. The van der Waals surface area contributed by atoms with E-state index in [1.165, 1.54) is 5.56 Å². The summed E-state index contributed by atoms with van der Waals surface area (Å²) in [4.78, 5) is 11.5. The number of ether oxygens (including phenoxy) is 3. The summed E-state index contributed by atoms with van der Waals surface area (Å²) in [6.07, 6.45) is 0. The molecule has 0 radical (unpaired) electrons. The van der Waals surface area contributed by atoms with Crippen LogP contribution in [0, 0.1) is 0 Å². The van der Waals surface area contributed by atoms with Crippen molar-refractivity contribution in [1.82, 2.24) is 0 Å². The minimum Gasteiger partial charge on any atom is -0.508 e. The third-order valence-corrected chi connectivity index (χ3v) is 5.28. The largest absolute Gasteiger partial charge is 0.508 e. The van der Waals surface area contributed by atoms with Crippen molar-refractivity contribution in [2.75, 3.05) is 19.8 Å². The van der Waals surface area contributed by atoms with Crippen LogP contribution in [0.1, 0.15) is 35.4 Å². The average Bonchev–Trinajstić information content (AvgIpc) is 2.78. The van der Waals surface area contributed by atoms with E-state index in [1.54, 1.807) is 19.1 Å². The predicted octanol–water partition coefficient (Wildman–Crippen LogP) is 4.64. The third kappa shape index (κ3) is 4.25. The third-order valence-electron chi connectivity index (χ3n) is 5.28. The highest BCUT2D eigenvalue weighted by molar-refractivity contribution is 5.71. The summed E-state index contributed by atoms with van der Waals surface area (Å²) < 4.78 is 16.4. The van der Waals surface area contributed by atoms with Crippen LogP contribution in [0.5, 0.6) is 17.2 Å². The van der Waals surface area contributed by atoms with Crippen molar-refractivity contribution >= 4 is 5.97 Å². The van der Waals surface area contributed by atoms with Crippen molar-refractivity contribution in [3.8, 4) is 17.2 Å². The van der Waals surface area contributed by atoms with Gasteiger partial charge in [-0.05, 0) is 36.2 Å². The van der Waals surface area contributed by atoms with E-state index in [0.717, 1.165) is 11.1 Å². The van der Waals surface area contributed by atoms with Gasteiger partial charge in [0.15, 0.2) is 6.61 Å². The van der Waals surface area contributed by atoms with Crippen LogP contribution in [0.2, 0.25) is 0 Å². The minimum absolute atomic E-state index is 0.0656. The number of aromatic hydroxyl groups is 1. The van der Waals surface area contributed by atoms with E-state index in [9.17, 15) is 9.90 Å². The lowest BCUT2D eigenvalue weighted by atomic mass is 9.76. The SMILES string of the molecule is CCOC(=O)COc1ccc(C2c3ccc(O)cc3OC[C@@H]2c2ccccc2)cc1. The molecule has 3 aromatic rings. The van der Waals surface area contributed by atoms with E-state index < -0.39 is 0 Å². The number of phenolic OH excluding ortho intramolecular Hbond substituents is 1. The standard InChI is InChI=1S/C25H24O5/c1-2-28-24(27)16-29-20-11-8-18(9-12-20)25-21-13-10-19(26)14-23(21)30-15-22(25)17-6-4-3-5-7-17/h3-14,22,25-26H,2,15-16H2,1H3/t22-,25?/m1/s1. The molecule has 1 heterocycles. The number of fused-ring (bicyclic) bond motifs is 1. The van der Waals surface area contributed by atoms with E-state index in [-0.39, 0.29) is 30.2 Å². The number of hydrogen-bond acceptors (Lipinski definition) is 5. The van der Waals surface area contributed by atoms with E-state index in [2.05, 4.69) is 12.1 Å². The summed E-state index contributed by atoms with van der Waals surface area (Å²) >= 11 is 0. The van der Waals surface area contributed by atoms with E-state index >= 15 is 0 Å². The Bertz CT molecular complexity index is 998. The van der Waals surface area contributed by atoms with Gasteiger partial charge in [0.05, 0.1) is 13.2 Å². The molecule has 0 saturated heterocycles. The molecule has 4 rings (SSSR count). The van der Waals surface area contributed by atoms with Crippen LogP contribution < -0.4 is 9.47 Å². The van der Waals surface area contributed by atoms with Crippen molar-refractivity contribution < 1.29 is 24.1 Å². The molecule has 5 heteroatoms. The predicted molar refractivity (Wildman–Crippen MR) is 113 cm³/mol. The number of rotatable bonds is 6. The Morgan fingerprint density at radius 3 is 2.53 bits per heavy atom. The first-order valence-electron chi connectivity index (χ1n) is 10.0. The van der Waals surface area contributed by atoms with Gasteiger partial charge in [-0.1, -0.05) is 48.5 Å². The van der Waals surface area contributed by atoms with Crippen LogP contribution in [0.4, 0.5) is 0 Å². The summed E-state index contributed by atoms with van der Waals surface area (Å²) in [6.45, 7) is 2.51. The molecule has 2 atom stereocenters. The molecule has 30 heavy (non-hydrogen) atoms. The van der Waals surface area contributed by atoms with Crippen LogP contribution in [0.15, 0.2) is 72.8 Å². The second-order valence-electron chi connectivity index (χ2n) is 7.19. The molecule has 154 valence electrons. The molecule has 0 saturated carbocycles. The molecule has 1 unspecified atom stereocenters. The molecular weight excluding hydrogens is 380 g/mol. The Labute approximate surface area is 175 Å². The van der Waals surface area contributed by atoms with Gasteiger partial charge in [0.25, 0.3) is 0 Å². The summed E-state index contributed by atoms with van der Waals surface area (Å²) in [5.41, 5.74) is 3.35. The minimum atomic E-state index is -0.385. The Hall–Kier alpha value is -3.47. The van der Waals surface area contributed by atoms with Gasteiger partial charge < -0.3 is 19.3 Å².